The molecule has 2 bridgehead atoms. The Morgan fingerprint density at radius 2 is 1.75 bits per heavy atom. The van der Waals surface area contributed by atoms with Crippen molar-refractivity contribution in [3.05, 3.63) is 76.9 Å². The van der Waals surface area contributed by atoms with Gasteiger partial charge in [-0.1, -0.05) is 24.3 Å². The Kier molecular flexibility index (Phi) is 4.76. The van der Waals surface area contributed by atoms with E-state index in [4.69, 9.17) is 9.47 Å². The van der Waals surface area contributed by atoms with Crippen LogP contribution in [0, 0.1) is 18.3 Å². The monoisotopic (exact) mass is 482 g/mol. The van der Waals surface area contributed by atoms with Gasteiger partial charge in [0, 0.05) is 23.3 Å². The fourth-order valence-corrected chi connectivity index (χ4v) is 6.06. The van der Waals surface area contributed by atoms with Crippen molar-refractivity contribution in [1.82, 2.24) is 4.57 Å². The molecule has 2 atom stereocenters. The summed E-state index contributed by atoms with van der Waals surface area (Å²) in [7, 11) is 0. The number of hydrogen-bond donors (Lipinski definition) is 3. The molecule has 182 valence electrons. The van der Waals surface area contributed by atoms with Crippen molar-refractivity contribution in [1.29, 1.82) is 5.26 Å². The van der Waals surface area contributed by atoms with Gasteiger partial charge in [0.2, 0.25) is 11.8 Å². The fourth-order valence-electron chi connectivity index (χ4n) is 6.06. The molecule has 3 heterocycles. The van der Waals surface area contributed by atoms with Gasteiger partial charge in [0.25, 0.3) is 0 Å². The molecule has 3 N–H and O–H groups in total. The smallest absolute Gasteiger partial charge is 0.205 e. The van der Waals surface area contributed by atoms with Gasteiger partial charge in [-0.15, -0.1) is 0 Å². The standard InChI is InChI=1S/C29H26N2O5/c1-17-13-19(32)15-20(14-17)35-12-11-29-10-9-28(2,36-29)24-25(29)27(34)31(26(24)33)23-8-7-18(16-30)21-5-3-4-6-22(21)23/h3-8,13-15,32-34H,9-12H2,1-2H3/t28-,29-/m1/s1. The SMILES string of the molecule is Cc1cc(O)cc(OCC[C@@]23CC[C@@](C)(O2)c2c3c(O)n(-c3ccc(C#N)c4ccccc34)c2O)c1. The number of phenolic OH excluding ortho intramolecular Hbond substituents is 1. The molecule has 0 spiro atoms. The van der Waals surface area contributed by atoms with Crippen molar-refractivity contribution in [3.8, 4) is 35.0 Å². The van der Waals surface area contributed by atoms with Crippen molar-refractivity contribution >= 4 is 10.8 Å². The highest BCUT2D eigenvalue weighted by molar-refractivity contribution is 5.95. The van der Waals surface area contributed by atoms with Crippen LogP contribution in [0.15, 0.2) is 54.6 Å². The van der Waals surface area contributed by atoms with E-state index in [9.17, 15) is 20.6 Å². The lowest BCUT2D eigenvalue weighted by Gasteiger charge is -2.26. The number of nitriles is 1. The largest absolute Gasteiger partial charge is 0.508 e. The van der Waals surface area contributed by atoms with Crippen LogP contribution >= 0.6 is 0 Å². The molecule has 4 aromatic rings. The van der Waals surface area contributed by atoms with Gasteiger partial charge < -0.3 is 24.8 Å². The van der Waals surface area contributed by atoms with Crippen LogP contribution in [0.2, 0.25) is 0 Å². The van der Waals surface area contributed by atoms with E-state index >= 15 is 0 Å². The first-order chi connectivity index (χ1) is 17.3. The van der Waals surface area contributed by atoms with E-state index in [0.717, 1.165) is 16.3 Å². The Morgan fingerprint density at radius 3 is 2.50 bits per heavy atom. The lowest BCUT2D eigenvalue weighted by atomic mass is 9.78. The van der Waals surface area contributed by atoms with Crippen LogP contribution in [0.4, 0.5) is 0 Å². The summed E-state index contributed by atoms with van der Waals surface area (Å²) in [5.74, 6) is 0.599. The van der Waals surface area contributed by atoms with Crippen LogP contribution in [0.25, 0.3) is 16.5 Å². The second-order valence-electron chi connectivity index (χ2n) is 9.95. The number of aromatic hydroxyl groups is 3. The Labute approximate surface area is 208 Å². The van der Waals surface area contributed by atoms with Crippen LogP contribution in [0.1, 0.15) is 48.4 Å². The van der Waals surface area contributed by atoms with Crippen molar-refractivity contribution in [3.63, 3.8) is 0 Å². The Balaban J connectivity index is 1.42. The first kappa shape index (κ1) is 22.3. The predicted molar refractivity (Wildman–Crippen MR) is 134 cm³/mol. The number of phenols is 1. The highest BCUT2D eigenvalue weighted by atomic mass is 16.5. The topological polar surface area (TPSA) is 108 Å². The first-order valence-electron chi connectivity index (χ1n) is 12.0. The lowest BCUT2D eigenvalue weighted by molar-refractivity contribution is -0.0876. The van der Waals surface area contributed by atoms with E-state index in [1.54, 1.807) is 24.3 Å². The van der Waals surface area contributed by atoms with Crippen molar-refractivity contribution in [2.45, 2.75) is 44.3 Å². The van der Waals surface area contributed by atoms with E-state index < -0.39 is 11.2 Å². The van der Waals surface area contributed by atoms with Crippen LogP contribution < -0.4 is 4.74 Å². The third-order valence-electron chi connectivity index (χ3n) is 7.60. The van der Waals surface area contributed by atoms with E-state index in [0.29, 0.717) is 54.0 Å². The molecule has 0 aliphatic carbocycles. The summed E-state index contributed by atoms with van der Waals surface area (Å²) in [6.45, 7) is 4.14. The number of benzene rings is 3. The highest BCUT2D eigenvalue weighted by Gasteiger charge is 2.61. The summed E-state index contributed by atoms with van der Waals surface area (Å²) < 4.78 is 13.9. The number of aryl methyl sites for hydroxylation is 1. The summed E-state index contributed by atoms with van der Waals surface area (Å²) in [4.78, 5) is 0. The van der Waals surface area contributed by atoms with Gasteiger partial charge in [-0.05, 0) is 56.5 Å². The molecule has 0 radical (unpaired) electrons. The van der Waals surface area contributed by atoms with Crippen molar-refractivity contribution in [2.75, 3.05) is 6.61 Å². The molecule has 2 aliphatic rings. The van der Waals surface area contributed by atoms with Gasteiger partial charge in [-0.25, -0.2) is 0 Å². The summed E-state index contributed by atoms with van der Waals surface area (Å²) in [5.41, 5.74) is 1.69. The van der Waals surface area contributed by atoms with Gasteiger partial charge in [-0.3, -0.25) is 4.57 Å². The minimum atomic E-state index is -0.800. The number of ether oxygens (including phenoxy) is 2. The third-order valence-corrected chi connectivity index (χ3v) is 7.60. The van der Waals surface area contributed by atoms with Crippen LogP contribution in [-0.4, -0.2) is 26.5 Å². The number of aromatic nitrogens is 1. The van der Waals surface area contributed by atoms with Crippen LogP contribution in [0.5, 0.6) is 23.3 Å². The predicted octanol–water partition coefficient (Wildman–Crippen LogP) is 5.63. The van der Waals surface area contributed by atoms with Gasteiger partial charge in [-0.2, -0.15) is 5.26 Å². The third kappa shape index (κ3) is 3.08. The first-order valence-corrected chi connectivity index (χ1v) is 12.0. The number of rotatable bonds is 5. The summed E-state index contributed by atoms with van der Waals surface area (Å²) in [6.07, 6.45) is 1.86. The van der Waals surface area contributed by atoms with Crippen LogP contribution in [-0.2, 0) is 15.9 Å². The molecule has 1 saturated heterocycles. The Hall–Kier alpha value is -4.15. The minimum absolute atomic E-state index is 0.0500. The van der Waals surface area contributed by atoms with Gasteiger partial charge >= 0.3 is 0 Å². The molecular formula is C29H26N2O5. The van der Waals surface area contributed by atoms with E-state index in [1.807, 2.05) is 44.2 Å². The van der Waals surface area contributed by atoms with Gasteiger partial charge in [0.05, 0.1) is 40.7 Å². The zero-order valence-electron chi connectivity index (χ0n) is 20.1. The Bertz CT molecular complexity index is 1560. The number of hydrogen-bond acceptors (Lipinski definition) is 6. The summed E-state index contributed by atoms with van der Waals surface area (Å²) in [5, 5.41) is 43.9. The second kappa shape index (κ2) is 7.67. The molecule has 0 unspecified atom stereocenters. The molecule has 2 aliphatic heterocycles. The minimum Gasteiger partial charge on any atom is -0.508 e. The maximum Gasteiger partial charge on any atom is 0.205 e. The number of fused-ring (bicyclic) bond motifs is 6. The molecule has 3 aromatic carbocycles. The molecule has 1 fully saturated rings. The van der Waals surface area contributed by atoms with Gasteiger partial charge in [0.15, 0.2) is 0 Å². The quantitative estimate of drug-likeness (QED) is 0.340. The highest BCUT2D eigenvalue weighted by Crippen LogP contribution is 2.65. The molecule has 0 saturated carbocycles. The normalized spacial score (nSPS) is 22.0. The van der Waals surface area contributed by atoms with Crippen molar-refractivity contribution < 1.29 is 24.8 Å². The van der Waals surface area contributed by atoms with E-state index in [1.165, 1.54) is 4.57 Å². The average Bonchev–Trinajstić information content (AvgIpc) is 3.42. The van der Waals surface area contributed by atoms with Crippen molar-refractivity contribution in [2.24, 2.45) is 0 Å². The molecule has 1 aromatic heterocycles. The molecular weight excluding hydrogens is 456 g/mol. The number of nitrogens with zero attached hydrogens (tertiary/aromatic N) is 2. The maximum absolute atomic E-state index is 11.5. The average molecular weight is 483 g/mol. The Morgan fingerprint density at radius 1 is 1.00 bits per heavy atom. The molecule has 6 rings (SSSR count). The molecule has 0 amide bonds. The lowest BCUT2D eigenvalue weighted by Crippen LogP contribution is -2.25. The van der Waals surface area contributed by atoms with Gasteiger partial charge in [0.1, 0.15) is 17.1 Å². The zero-order chi connectivity index (χ0) is 25.2. The second-order valence-corrected chi connectivity index (χ2v) is 9.95. The fraction of sp³-hybridized carbons (Fsp3) is 0.276. The molecule has 7 nitrogen and oxygen atoms in total. The molecule has 7 heteroatoms. The zero-order valence-corrected chi connectivity index (χ0v) is 20.1. The summed E-state index contributed by atoms with van der Waals surface area (Å²) in [6, 6.07) is 18.2. The van der Waals surface area contributed by atoms with E-state index in [-0.39, 0.29) is 17.5 Å². The van der Waals surface area contributed by atoms with E-state index in [2.05, 4.69) is 6.07 Å². The van der Waals surface area contributed by atoms with Crippen LogP contribution in [0.3, 0.4) is 0 Å². The maximum atomic E-state index is 11.5. The summed E-state index contributed by atoms with van der Waals surface area (Å²) >= 11 is 0. The molecule has 36 heavy (non-hydrogen) atoms.